The maximum absolute atomic E-state index is 5.14. The lowest BCUT2D eigenvalue weighted by Crippen LogP contribution is -2.79. The van der Waals surface area contributed by atoms with Gasteiger partial charge in [0.25, 0.3) is 0 Å². The molecule has 6 heteroatoms. The van der Waals surface area contributed by atoms with Crippen LogP contribution < -0.4 is 0 Å². The van der Waals surface area contributed by atoms with Crippen molar-refractivity contribution in [2.24, 2.45) is 5.16 Å². The molecule has 0 radical (unpaired) electrons. The van der Waals surface area contributed by atoms with Crippen molar-refractivity contribution < 1.29 is 9.32 Å². The average Bonchev–Trinajstić information content (AvgIpc) is 2.46. The van der Waals surface area contributed by atoms with Crippen LogP contribution in [0.2, 0.25) is 0 Å². The summed E-state index contributed by atoms with van der Waals surface area (Å²) in [5.74, 6) is 0. The fourth-order valence-electron chi connectivity index (χ4n) is 4.15. The van der Waals surface area contributed by atoms with Gasteiger partial charge in [0.1, 0.15) is 39.4 Å². The molecule has 6 nitrogen and oxygen atoms in total. The molecule has 0 aromatic heterocycles. The molecule has 0 spiro atoms. The van der Waals surface area contributed by atoms with Crippen LogP contribution in [0.4, 0.5) is 0 Å². The van der Waals surface area contributed by atoms with E-state index in [0.29, 0.717) is 0 Å². The van der Waals surface area contributed by atoms with Crippen LogP contribution in [0, 0.1) is 6.92 Å². The molecule has 0 aliphatic carbocycles. The fourth-order valence-corrected chi connectivity index (χ4v) is 4.15. The van der Waals surface area contributed by atoms with Crippen LogP contribution in [0.15, 0.2) is 29.4 Å². The lowest BCUT2D eigenvalue weighted by atomic mass is 10.1. The van der Waals surface area contributed by atoms with Crippen molar-refractivity contribution in [3.05, 3.63) is 35.4 Å². The van der Waals surface area contributed by atoms with Gasteiger partial charge in [-0.1, -0.05) is 35.0 Å². The molecule has 1 aromatic rings. The number of quaternary nitrogens is 1. The average molecular weight is 302 g/mol. The third kappa shape index (κ3) is 2.52. The molecule has 22 heavy (non-hydrogen) atoms. The van der Waals surface area contributed by atoms with Gasteiger partial charge in [0.05, 0.1) is 20.0 Å². The van der Waals surface area contributed by atoms with Gasteiger partial charge in [-0.05, 0) is 6.92 Å². The monoisotopic (exact) mass is 302 g/mol. The van der Waals surface area contributed by atoms with Gasteiger partial charge in [-0.25, -0.2) is 14.7 Å². The van der Waals surface area contributed by atoms with E-state index in [1.165, 1.54) is 11.1 Å². The van der Waals surface area contributed by atoms with E-state index in [0.717, 1.165) is 56.8 Å². The minimum Gasteiger partial charge on any atom is -0.399 e. The molecule has 4 fully saturated rings. The fraction of sp³-hybridized carbons (Fsp3) is 0.562. The Kier molecular flexibility index (Phi) is 3.41. The minimum absolute atomic E-state index is 0.917. The highest BCUT2D eigenvalue weighted by molar-refractivity contribution is 6.01. The normalized spacial score (nSPS) is 36.6. The van der Waals surface area contributed by atoms with Crippen molar-refractivity contribution in [3.63, 3.8) is 0 Å². The molecule has 1 aromatic carbocycles. The van der Waals surface area contributed by atoms with Crippen LogP contribution in [-0.2, 0) is 4.84 Å². The zero-order valence-electron chi connectivity index (χ0n) is 13.4. The highest BCUT2D eigenvalue weighted by Gasteiger charge is 2.49. The van der Waals surface area contributed by atoms with E-state index in [4.69, 9.17) is 4.84 Å². The predicted octanol–water partition coefficient (Wildman–Crippen LogP) is 0.854. The lowest BCUT2D eigenvalue weighted by Gasteiger charge is -2.60. The minimum atomic E-state index is 0.917. The first kappa shape index (κ1) is 14.1. The van der Waals surface area contributed by atoms with Gasteiger partial charge >= 0.3 is 0 Å². The van der Waals surface area contributed by atoms with Crippen molar-refractivity contribution in [1.82, 2.24) is 14.7 Å². The molecule has 4 saturated heterocycles. The van der Waals surface area contributed by atoms with Gasteiger partial charge in [0, 0.05) is 5.56 Å². The Morgan fingerprint density at radius 2 is 1.59 bits per heavy atom. The molecule has 0 atom stereocenters. The van der Waals surface area contributed by atoms with E-state index < -0.39 is 0 Å². The molecule has 4 aliphatic heterocycles. The largest absolute Gasteiger partial charge is 0.399 e. The highest BCUT2D eigenvalue weighted by atomic mass is 16.6. The highest BCUT2D eigenvalue weighted by Crippen LogP contribution is 2.29. The van der Waals surface area contributed by atoms with Gasteiger partial charge in [-0.2, -0.15) is 0 Å². The summed E-state index contributed by atoms with van der Waals surface area (Å²) in [6, 6.07) is 8.59. The first-order valence-electron chi connectivity index (χ1n) is 7.85. The summed E-state index contributed by atoms with van der Waals surface area (Å²) in [5.41, 5.74) is 3.49. The van der Waals surface area contributed by atoms with Crippen LogP contribution in [-0.4, -0.2) is 78.6 Å². The summed E-state index contributed by atoms with van der Waals surface area (Å²) in [4.78, 5) is 12.7. The van der Waals surface area contributed by atoms with E-state index >= 15 is 0 Å². The molecular formula is C16H24N5O+. The lowest BCUT2D eigenvalue weighted by molar-refractivity contribution is -0.972. The maximum Gasteiger partial charge on any atom is 0.141 e. The standard InChI is InChI=1S/C16H24N5O/c1-14-3-5-15(6-4-14)16(17-22-2)7-21-11-18-8-19(12-21)10-20(9-18)13-21/h3-6H,7-13H2,1-2H3/q+1/b17-16-. The molecule has 4 heterocycles. The van der Waals surface area contributed by atoms with Crippen LogP contribution in [0.25, 0.3) is 0 Å². The van der Waals surface area contributed by atoms with Crippen LogP contribution >= 0.6 is 0 Å². The molecule has 0 N–H and O–H groups in total. The first-order valence-corrected chi connectivity index (χ1v) is 7.85. The Hall–Kier alpha value is -1.47. The summed E-state index contributed by atoms with van der Waals surface area (Å²) in [5, 5.41) is 4.35. The molecule has 4 aliphatic rings. The number of aryl methyl sites for hydroxylation is 1. The predicted molar refractivity (Wildman–Crippen MR) is 84.6 cm³/mol. The smallest absolute Gasteiger partial charge is 0.141 e. The van der Waals surface area contributed by atoms with Gasteiger partial charge in [-0.3, -0.25) is 4.48 Å². The van der Waals surface area contributed by atoms with Crippen LogP contribution in [0.5, 0.6) is 0 Å². The SMILES string of the molecule is CO/N=C(/C[N+]12CN3CN(CN(C3)C1)C2)c1ccc(C)cc1. The van der Waals surface area contributed by atoms with E-state index in [2.05, 4.69) is 51.0 Å². The molecule has 0 unspecified atom stereocenters. The molecule has 0 amide bonds. The van der Waals surface area contributed by atoms with Crippen molar-refractivity contribution in [2.45, 2.75) is 6.92 Å². The second-order valence-corrected chi connectivity index (χ2v) is 6.95. The third-order valence-corrected chi connectivity index (χ3v) is 4.77. The zero-order chi connectivity index (χ0) is 15.2. The number of hydrogen-bond donors (Lipinski definition) is 0. The summed E-state index contributed by atoms with van der Waals surface area (Å²) in [6.45, 7) is 9.69. The Labute approximate surface area is 131 Å². The zero-order valence-corrected chi connectivity index (χ0v) is 13.4. The number of oxime groups is 1. The van der Waals surface area contributed by atoms with Gasteiger partial charge in [0.2, 0.25) is 0 Å². The number of nitrogens with zero attached hydrogens (tertiary/aromatic N) is 5. The molecule has 5 rings (SSSR count). The second-order valence-electron chi connectivity index (χ2n) is 6.95. The third-order valence-electron chi connectivity index (χ3n) is 4.77. The van der Waals surface area contributed by atoms with Crippen molar-refractivity contribution in [3.8, 4) is 0 Å². The Bertz CT molecular complexity index is 547. The van der Waals surface area contributed by atoms with E-state index in [-0.39, 0.29) is 0 Å². The Balaban J connectivity index is 1.59. The number of benzene rings is 1. The maximum atomic E-state index is 5.14. The van der Waals surface area contributed by atoms with Crippen molar-refractivity contribution in [1.29, 1.82) is 0 Å². The molecule has 4 bridgehead atoms. The first-order chi connectivity index (χ1) is 10.7. The van der Waals surface area contributed by atoms with E-state index in [1.54, 1.807) is 7.11 Å². The summed E-state index contributed by atoms with van der Waals surface area (Å²) >= 11 is 0. The molecule has 0 saturated carbocycles. The number of hydrogen-bond acceptors (Lipinski definition) is 5. The van der Waals surface area contributed by atoms with Gasteiger partial charge < -0.3 is 4.84 Å². The van der Waals surface area contributed by atoms with Gasteiger partial charge in [0.15, 0.2) is 0 Å². The van der Waals surface area contributed by atoms with Crippen LogP contribution in [0.1, 0.15) is 11.1 Å². The second kappa shape index (κ2) is 5.31. The quantitative estimate of drug-likeness (QED) is 0.469. The Morgan fingerprint density at radius 3 is 2.09 bits per heavy atom. The van der Waals surface area contributed by atoms with E-state index in [1.807, 2.05) is 0 Å². The summed E-state index contributed by atoms with van der Waals surface area (Å²) in [6.07, 6.45) is 0. The van der Waals surface area contributed by atoms with Crippen molar-refractivity contribution in [2.75, 3.05) is 53.7 Å². The topological polar surface area (TPSA) is 31.3 Å². The Morgan fingerprint density at radius 1 is 1.05 bits per heavy atom. The summed E-state index contributed by atoms with van der Waals surface area (Å²) < 4.78 is 1.04. The van der Waals surface area contributed by atoms with Crippen LogP contribution in [0.3, 0.4) is 0 Å². The van der Waals surface area contributed by atoms with Crippen molar-refractivity contribution >= 4 is 5.71 Å². The van der Waals surface area contributed by atoms with E-state index in [9.17, 15) is 0 Å². The molecular weight excluding hydrogens is 278 g/mol. The molecule has 118 valence electrons. The summed E-state index contributed by atoms with van der Waals surface area (Å²) in [7, 11) is 1.64. The van der Waals surface area contributed by atoms with Gasteiger partial charge in [-0.15, -0.1) is 0 Å². The number of rotatable bonds is 4.